The number of halogens is 1. The highest BCUT2D eigenvalue weighted by molar-refractivity contribution is 7.11. The lowest BCUT2D eigenvalue weighted by molar-refractivity contribution is 0.0940. The van der Waals surface area contributed by atoms with Crippen molar-refractivity contribution in [3.05, 3.63) is 50.4 Å². The third-order valence-electron chi connectivity index (χ3n) is 3.52. The lowest BCUT2D eigenvalue weighted by Crippen LogP contribution is -2.37. The van der Waals surface area contributed by atoms with E-state index < -0.39 is 0 Å². The van der Waals surface area contributed by atoms with Gasteiger partial charge in [0.2, 0.25) is 0 Å². The Kier molecular flexibility index (Phi) is 5.21. The molecule has 2 rings (SSSR count). The molecule has 6 heteroatoms. The molecule has 1 amide bonds. The van der Waals surface area contributed by atoms with Crippen molar-refractivity contribution in [2.45, 2.75) is 32.7 Å². The molecule has 3 N–H and O–H groups in total. The van der Waals surface area contributed by atoms with Crippen LogP contribution in [0, 0.1) is 6.92 Å². The van der Waals surface area contributed by atoms with Crippen LogP contribution >= 0.6 is 22.9 Å². The molecule has 1 aromatic carbocycles. The normalized spacial score (nSPS) is 11.5. The van der Waals surface area contributed by atoms with E-state index in [1.807, 2.05) is 45.0 Å². The Hall–Kier alpha value is -1.43. The van der Waals surface area contributed by atoms with Crippen LogP contribution in [0.3, 0.4) is 0 Å². The summed E-state index contributed by atoms with van der Waals surface area (Å²) >= 11 is 7.71. The Morgan fingerprint density at radius 1 is 1.41 bits per heavy atom. The summed E-state index contributed by atoms with van der Waals surface area (Å²) in [4.78, 5) is 17.5. The molecule has 0 aliphatic carbocycles. The van der Waals surface area contributed by atoms with Gasteiger partial charge in [0.25, 0.3) is 5.91 Å². The van der Waals surface area contributed by atoms with Gasteiger partial charge in [0.05, 0.1) is 0 Å². The summed E-state index contributed by atoms with van der Waals surface area (Å²) in [6.07, 6.45) is 0. The second kappa shape index (κ2) is 6.77. The highest BCUT2D eigenvalue weighted by atomic mass is 35.5. The van der Waals surface area contributed by atoms with Crippen LogP contribution in [0.1, 0.15) is 39.8 Å². The van der Waals surface area contributed by atoms with E-state index in [9.17, 15) is 4.79 Å². The van der Waals surface area contributed by atoms with Gasteiger partial charge in [-0.15, -0.1) is 11.3 Å². The maximum absolute atomic E-state index is 12.3. The van der Waals surface area contributed by atoms with Crippen LogP contribution in [0.15, 0.2) is 24.3 Å². The molecule has 0 saturated carbocycles. The van der Waals surface area contributed by atoms with Gasteiger partial charge in [0, 0.05) is 28.4 Å². The second-order valence-corrected chi connectivity index (χ2v) is 7.46. The van der Waals surface area contributed by atoms with Gasteiger partial charge in [-0.1, -0.05) is 43.6 Å². The molecular weight excluding hydrogens is 318 g/mol. The average molecular weight is 338 g/mol. The zero-order valence-electron chi connectivity index (χ0n) is 12.9. The molecule has 0 fully saturated rings. The Morgan fingerprint density at radius 2 is 2.09 bits per heavy atom. The fraction of sp³-hybridized carbons (Fsp3) is 0.375. The topological polar surface area (TPSA) is 68.0 Å². The van der Waals surface area contributed by atoms with Crippen molar-refractivity contribution >= 4 is 28.8 Å². The number of hydrogen-bond donors (Lipinski definition) is 2. The largest absolute Gasteiger partial charge is 0.350 e. The molecular formula is C16H20ClN3OS. The number of nitrogens with one attached hydrogen (secondary N) is 1. The van der Waals surface area contributed by atoms with Gasteiger partial charge in [0.15, 0.2) is 0 Å². The van der Waals surface area contributed by atoms with Crippen molar-refractivity contribution < 1.29 is 4.79 Å². The minimum Gasteiger partial charge on any atom is -0.350 e. The molecule has 0 radical (unpaired) electrons. The van der Waals surface area contributed by atoms with E-state index in [-0.39, 0.29) is 11.3 Å². The van der Waals surface area contributed by atoms with Crippen molar-refractivity contribution in [3.8, 4) is 0 Å². The molecule has 0 spiro atoms. The van der Waals surface area contributed by atoms with Crippen LogP contribution in [0.2, 0.25) is 5.02 Å². The highest BCUT2D eigenvalue weighted by Gasteiger charge is 2.25. The van der Waals surface area contributed by atoms with Gasteiger partial charge < -0.3 is 11.1 Å². The summed E-state index contributed by atoms with van der Waals surface area (Å²) in [7, 11) is 0. The van der Waals surface area contributed by atoms with Crippen LogP contribution < -0.4 is 11.1 Å². The molecule has 22 heavy (non-hydrogen) atoms. The maximum atomic E-state index is 12.3. The van der Waals surface area contributed by atoms with Gasteiger partial charge in [0.1, 0.15) is 10.7 Å². The number of nitrogens with zero attached hydrogens (tertiary/aromatic N) is 1. The van der Waals surface area contributed by atoms with E-state index in [4.69, 9.17) is 17.3 Å². The van der Waals surface area contributed by atoms with Crippen molar-refractivity contribution in [1.29, 1.82) is 0 Å². The number of amides is 1. The van der Waals surface area contributed by atoms with Crippen LogP contribution in [0.5, 0.6) is 0 Å². The van der Waals surface area contributed by atoms with Crippen LogP contribution in [0.25, 0.3) is 0 Å². The number of benzene rings is 1. The number of aromatic nitrogens is 1. The standard InChI is InChI=1S/C16H20ClN3OS/c1-10-14(20-13(8-18)22-10)15(21)19-9-16(2,3)11-6-4-5-7-12(11)17/h4-7H,8-9,18H2,1-3H3,(H,19,21). The molecule has 0 bridgehead atoms. The fourth-order valence-corrected chi connectivity index (χ4v) is 3.44. The maximum Gasteiger partial charge on any atom is 0.271 e. The smallest absolute Gasteiger partial charge is 0.271 e. The predicted octanol–water partition coefficient (Wildman–Crippen LogP) is 3.27. The minimum atomic E-state index is -0.269. The Bertz CT molecular complexity index is 682. The molecule has 0 aliphatic rings. The molecule has 1 aromatic heterocycles. The van der Waals surface area contributed by atoms with Crippen molar-refractivity contribution in [1.82, 2.24) is 10.3 Å². The Labute approximate surface area is 139 Å². The summed E-state index contributed by atoms with van der Waals surface area (Å²) in [6, 6.07) is 7.68. The Balaban J connectivity index is 2.10. The summed E-state index contributed by atoms with van der Waals surface area (Å²) in [5.74, 6) is -0.173. The van der Waals surface area contributed by atoms with E-state index >= 15 is 0 Å². The number of rotatable bonds is 5. The third-order valence-corrected chi connectivity index (χ3v) is 4.85. The number of thiazole rings is 1. The molecule has 4 nitrogen and oxygen atoms in total. The van der Waals surface area contributed by atoms with E-state index in [1.165, 1.54) is 11.3 Å². The number of carbonyl (C=O) groups excluding carboxylic acids is 1. The lowest BCUT2D eigenvalue weighted by atomic mass is 9.84. The van der Waals surface area contributed by atoms with Gasteiger partial charge >= 0.3 is 0 Å². The zero-order chi connectivity index (χ0) is 16.3. The first-order valence-electron chi connectivity index (χ1n) is 7.04. The van der Waals surface area contributed by atoms with Crippen LogP contribution in [0.4, 0.5) is 0 Å². The number of hydrogen-bond acceptors (Lipinski definition) is 4. The Morgan fingerprint density at radius 3 is 2.68 bits per heavy atom. The van der Waals surface area contributed by atoms with Gasteiger partial charge in [-0.05, 0) is 18.6 Å². The summed E-state index contributed by atoms with van der Waals surface area (Å²) < 4.78 is 0. The van der Waals surface area contributed by atoms with Gasteiger partial charge in [-0.25, -0.2) is 4.98 Å². The zero-order valence-corrected chi connectivity index (χ0v) is 14.5. The van der Waals surface area contributed by atoms with Gasteiger partial charge in [-0.2, -0.15) is 0 Å². The monoisotopic (exact) mass is 337 g/mol. The lowest BCUT2D eigenvalue weighted by Gasteiger charge is -2.26. The quantitative estimate of drug-likeness (QED) is 0.879. The second-order valence-electron chi connectivity index (χ2n) is 5.76. The molecule has 0 saturated heterocycles. The number of nitrogens with two attached hydrogens (primary N) is 1. The van der Waals surface area contributed by atoms with Crippen molar-refractivity contribution in [3.63, 3.8) is 0 Å². The molecule has 0 atom stereocenters. The minimum absolute atomic E-state index is 0.173. The van der Waals surface area contributed by atoms with Crippen molar-refractivity contribution in [2.75, 3.05) is 6.54 Å². The van der Waals surface area contributed by atoms with E-state index in [0.29, 0.717) is 23.8 Å². The van der Waals surface area contributed by atoms with E-state index in [0.717, 1.165) is 15.4 Å². The van der Waals surface area contributed by atoms with Crippen molar-refractivity contribution in [2.24, 2.45) is 5.73 Å². The average Bonchev–Trinajstić information content (AvgIpc) is 2.86. The highest BCUT2D eigenvalue weighted by Crippen LogP contribution is 2.29. The van der Waals surface area contributed by atoms with E-state index in [1.54, 1.807) is 0 Å². The number of carbonyl (C=O) groups is 1. The SMILES string of the molecule is Cc1sc(CN)nc1C(=O)NCC(C)(C)c1ccccc1Cl. The van der Waals surface area contributed by atoms with E-state index in [2.05, 4.69) is 10.3 Å². The van der Waals surface area contributed by atoms with Crippen LogP contribution in [-0.2, 0) is 12.0 Å². The first kappa shape index (κ1) is 16.9. The predicted molar refractivity (Wildman–Crippen MR) is 91.6 cm³/mol. The van der Waals surface area contributed by atoms with Crippen LogP contribution in [-0.4, -0.2) is 17.4 Å². The summed E-state index contributed by atoms with van der Waals surface area (Å²) in [5, 5.41) is 4.43. The first-order valence-corrected chi connectivity index (χ1v) is 8.24. The summed E-state index contributed by atoms with van der Waals surface area (Å²) in [5.41, 5.74) is 6.77. The first-order chi connectivity index (χ1) is 10.3. The van der Waals surface area contributed by atoms with Gasteiger partial charge in [-0.3, -0.25) is 4.79 Å². The molecule has 1 heterocycles. The molecule has 0 unspecified atom stereocenters. The molecule has 0 aliphatic heterocycles. The molecule has 118 valence electrons. The third kappa shape index (κ3) is 3.66. The molecule has 2 aromatic rings. The number of aryl methyl sites for hydroxylation is 1. The fourth-order valence-electron chi connectivity index (χ4n) is 2.24. The summed E-state index contributed by atoms with van der Waals surface area (Å²) in [6.45, 7) is 6.81.